The number of ether oxygens (including phenoxy) is 1. The Balaban J connectivity index is 3.88. The van der Waals surface area contributed by atoms with E-state index in [2.05, 4.69) is 6.92 Å². The average Bonchev–Trinajstić information content (AvgIpc) is 1.85. The van der Waals surface area contributed by atoms with E-state index in [1.165, 1.54) is 0 Å². The van der Waals surface area contributed by atoms with Crippen LogP contribution in [-0.4, -0.2) is 23.4 Å². The molecule has 0 rings (SSSR count). The predicted octanol–water partition coefficient (Wildman–Crippen LogP) is 1.96. The van der Waals surface area contributed by atoms with Gasteiger partial charge in [-0.1, -0.05) is 13.3 Å². The van der Waals surface area contributed by atoms with Gasteiger partial charge in [0.15, 0.2) is 0 Å². The lowest BCUT2D eigenvalue weighted by atomic mass is 9.98. The maximum Gasteiger partial charge on any atom is 0.0856 e. The second-order valence-electron chi connectivity index (χ2n) is 3.39. The zero-order chi connectivity index (χ0) is 8.91. The number of hydrogen-bond acceptors (Lipinski definition) is 2. The van der Waals surface area contributed by atoms with Crippen molar-refractivity contribution in [3.63, 3.8) is 0 Å². The third kappa shape index (κ3) is 4.38. The van der Waals surface area contributed by atoms with Crippen molar-refractivity contribution in [1.82, 2.24) is 0 Å². The fourth-order valence-electron chi connectivity index (χ4n) is 1.10. The smallest absolute Gasteiger partial charge is 0.0856 e. The monoisotopic (exact) mass is 160 g/mol. The molecule has 0 aliphatic heterocycles. The van der Waals surface area contributed by atoms with Gasteiger partial charge >= 0.3 is 0 Å². The number of hydrogen-bond donors (Lipinski definition) is 1. The quantitative estimate of drug-likeness (QED) is 0.666. The lowest BCUT2D eigenvalue weighted by Gasteiger charge is -2.28. The summed E-state index contributed by atoms with van der Waals surface area (Å²) >= 11 is 0. The molecule has 0 fully saturated rings. The summed E-state index contributed by atoms with van der Waals surface area (Å²) < 4.78 is 5.40. The molecule has 0 heterocycles. The molecule has 0 aromatic heterocycles. The van der Waals surface area contributed by atoms with Crippen LogP contribution in [0, 0.1) is 0 Å². The van der Waals surface area contributed by atoms with E-state index < -0.39 is 5.60 Å². The summed E-state index contributed by atoms with van der Waals surface area (Å²) in [5.74, 6) is 0. The number of aliphatic hydroxyl groups is 1. The fraction of sp³-hybridized carbons (Fsp3) is 1.00. The number of rotatable bonds is 5. The molecule has 2 heteroatoms. The minimum Gasteiger partial charge on any atom is -0.388 e. The van der Waals surface area contributed by atoms with E-state index in [-0.39, 0.29) is 6.10 Å². The highest BCUT2D eigenvalue weighted by molar-refractivity contribution is 4.77. The minimum absolute atomic E-state index is 0.0162. The predicted molar refractivity (Wildman–Crippen MR) is 46.6 cm³/mol. The standard InChI is InChI=1S/C9H20O2/c1-5-7-8(11-6-2)9(3,4)10/h8,10H,5-7H2,1-4H3. The van der Waals surface area contributed by atoms with E-state index in [1.54, 1.807) is 13.8 Å². The summed E-state index contributed by atoms with van der Waals surface area (Å²) in [5, 5.41) is 9.61. The van der Waals surface area contributed by atoms with E-state index >= 15 is 0 Å². The van der Waals surface area contributed by atoms with Crippen LogP contribution in [-0.2, 0) is 4.74 Å². The van der Waals surface area contributed by atoms with Crippen LogP contribution < -0.4 is 0 Å². The molecule has 1 atom stereocenters. The molecular weight excluding hydrogens is 140 g/mol. The summed E-state index contributed by atoms with van der Waals surface area (Å²) in [4.78, 5) is 0. The van der Waals surface area contributed by atoms with Crippen LogP contribution in [0.15, 0.2) is 0 Å². The van der Waals surface area contributed by atoms with Crippen molar-refractivity contribution in [2.75, 3.05) is 6.61 Å². The fourth-order valence-corrected chi connectivity index (χ4v) is 1.10. The van der Waals surface area contributed by atoms with Crippen molar-refractivity contribution in [3.8, 4) is 0 Å². The Bertz CT molecular complexity index is 88.2. The highest BCUT2D eigenvalue weighted by Gasteiger charge is 2.25. The van der Waals surface area contributed by atoms with Gasteiger partial charge < -0.3 is 9.84 Å². The molecule has 0 spiro atoms. The normalized spacial score (nSPS) is 15.0. The summed E-state index contributed by atoms with van der Waals surface area (Å²) in [6, 6.07) is 0. The molecule has 0 amide bonds. The first-order chi connectivity index (χ1) is 5.02. The lowest BCUT2D eigenvalue weighted by molar-refractivity contribution is -0.0882. The topological polar surface area (TPSA) is 29.5 Å². The van der Waals surface area contributed by atoms with E-state index in [0.29, 0.717) is 6.61 Å². The van der Waals surface area contributed by atoms with Crippen molar-refractivity contribution in [2.45, 2.75) is 52.2 Å². The van der Waals surface area contributed by atoms with E-state index in [1.807, 2.05) is 6.92 Å². The Morgan fingerprint density at radius 1 is 1.36 bits per heavy atom. The lowest BCUT2D eigenvalue weighted by Crippen LogP contribution is -2.38. The Morgan fingerprint density at radius 2 is 1.91 bits per heavy atom. The second kappa shape index (κ2) is 4.73. The summed E-state index contributed by atoms with van der Waals surface area (Å²) in [5.41, 5.74) is -0.702. The van der Waals surface area contributed by atoms with Crippen LogP contribution in [0.2, 0.25) is 0 Å². The molecule has 0 bridgehead atoms. The molecule has 1 unspecified atom stereocenters. The molecule has 11 heavy (non-hydrogen) atoms. The summed E-state index contributed by atoms with van der Waals surface area (Å²) in [6.45, 7) is 8.31. The van der Waals surface area contributed by atoms with Gasteiger partial charge in [-0.3, -0.25) is 0 Å². The molecule has 0 saturated heterocycles. The largest absolute Gasteiger partial charge is 0.388 e. The van der Waals surface area contributed by atoms with Gasteiger partial charge in [0.25, 0.3) is 0 Å². The van der Waals surface area contributed by atoms with Crippen LogP contribution in [0.3, 0.4) is 0 Å². The van der Waals surface area contributed by atoms with Crippen LogP contribution in [0.5, 0.6) is 0 Å². The maximum atomic E-state index is 9.61. The first-order valence-electron chi connectivity index (χ1n) is 4.36. The van der Waals surface area contributed by atoms with Gasteiger partial charge in [0.2, 0.25) is 0 Å². The van der Waals surface area contributed by atoms with E-state index in [4.69, 9.17) is 4.74 Å². The van der Waals surface area contributed by atoms with Gasteiger partial charge in [-0.2, -0.15) is 0 Å². The minimum atomic E-state index is -0.702. The zero-order valence-electron chi connectivity index (χ0n) is 8.05. The molecule has 2 nitrogen and oxygen atoms in total. The Hall–Kier alpha value is -0.0800. The summed E-state index contributed by atoms with van der Waals surface area (Å²) in [7, 11) is 0. The zero-order valence-corrected chi connectivity index (χ0v) is 8.05. The third-order valence-electron chi connectivity index (χ3n) is 1.71. The second-order valence-corrected chi connectivity index (χ2v) is 3.39. The maximum absolute atomic E-state index is 9.61. The van der Waals surface area contributed by atoms with Gasteiger partial charge in [0, 0.05) is 6.61 Å². The summed E-state index contributed by atoms with van der Waals surface area (Å²) in [6.07, 6.45) is 1.96. The van der Waals surface area contributed by atoms with Crippen molar-refractivity contribution in [2.24, 2.45) is 0 Å². The Labute approximate surface area is 69.6 Å². The van der Waals surface area contributed by atoms with Crippen LogP contribution >= 0.6 is 0 Å². The molecule has 0 aromatic rings. The van der Waals surface area contributed by atoms with Gasteiger partial charge in [0.1, 0.15) is 0 Å². The van der Waals surface area contributed by atoms with Gasteiger partial charge in [-0.05, 0) is 27.2 Å². The molecule has 68 valence electrons. The van der Waals surface area contributed by atoms with Gasteiger partial charge in [-0.25, -0.2) is 0 Å². The Morgan fingerprint density at radius 3 is 2.18 bits per heavy atom. The van der Waals surface area contributed by atoms with E-state index in [9.17, 15) is 5.11 Å². The molecule has 0 aliphatic carbocycles. The van der Waals surface area contributed by atoms with Crippen molar-refractivity contribution >= 4 is 0 Å². The first-order valence-corrected chi connectivity index (χ1v) is 4.36. The molecule has 0 aliphatic rings. The van der Waals surface area contributed by atoms with Crippen molar-refractivity contribution < 1.29 is 9.84 Å². The average molecular weight is 160 g/mol. The highest BCUT2D eigenvalue weighted by atomic mass is 16.5. The molecule has 0 radical (unpaired) electrons. The molecule has 0 saturated carbocycles. The van der Waals surface area contributed by atoms with Gasteiger partial charge in [0.05, 0.1) is 11.7 Å². The van der Waals surface area contributed by atoms with Gasteiger partial charge in [-0.15, -0.1) is 0 Å². The van der Waals surface area contributed by atoms with Crippen LogP contribution in [0.25, 0.3) is 0 Å². The molecule has 0 aromatic carbocycles. The van der Waals surface area contributed by atoms with Crippen molar-refractivity contribution in [3.05, 3.63) is 0 Å². The van der Waals surface area contributed by atoms with E-state index in [0.717, 1.165) is 12.8 Å². The highest BCUT2D eigenvalue weighted by Crippen LogP contribution is 2.17. The van der Waals surface area contributed by atoms with Crippen LogP contribution in [0.4, 0.5) is 0 Å². The molecule has 1 N–H and O–H groups in total. The SMILES string of the molecule is CCCC(OCC)C(C)(C)O. The first kappa shape index (κ1) is 10.9. The third-order valence-corrected chi connectivity index (χ3v) is 1.71. The van der Waals surface area contributed by atoms with Crippen molar-refractivity contribution in [1.29, 1.82) is 0 Å². The van der Waals surface area contributed by atoms with Crippen LogP contribution in [0.1, 0.15) is 40.5 Å². The Kier molecular flexibility index (Phi) is 4.69. The molecular formula is C9H20O2.